The second-order valence-electron chi connectivity index (χ2n) is 7.23. The van der Waals surface area contributed by atoms with Crippen molar-refractivity contribution in [3.05, 3.63) is 40.6 Å². The van der Waals surface area contributed by atoms with Gasteiger partial charge in [-0.1, -0.05) is 0 Å². The summed E-state index contributed by atoms with van der Waals surface area (Å²) >= 11 is 0. The summed E-state index contributed by atoms with van der Waals surface area (Å²) in [7, 11) is 0. The van der Waals surface area contributed by atoms with E-state index in [1.165, 1.54) is 6.07 Å². The van der Waals surface area contributed by atoms with E-state index in [4.69, 9.17) is 4.42 Å². The summed E-state index contributed by atoms with van der Waals surface area (Å²) in [6.45, 7) is 2.59. The monoisotopic (exact) mass is 394 g/mol. The molecule has 1 N–H and O–H groups in total. The normalized spacial score (nSPS) is 17.5. The van der Waals surface area contributed by atoms with Crippen LogP contribution in [0.4, 0.5) is 19.1 Å². The van der Waals surface area contributed by atoms with Crippen molar-refractivity contribution in [1.29, 1.82) is 0 Å². The van der Waals surface area contributed by atoms with Crippen LogP contribution in [-0.2, 0) is 25.6 Å². The van der Waals surface area contributed by atoms with Gasteiger partial charge in [0.1, 0.15) is 5.76 Å². The Labute approximate surface area is 160 Å². The zero-order chi connectivity index (χ0) is 19.7. The van der Waals surface area contributed by atoms with Gasteiger partial charge in [-0.05, 0) is 63.7 Å². The van der Waals surface area contributed by atoms with Crippen LogP contribution in [0.2, 0.25) is 0 Å². The number of likely N-dealkylation sites (tertiary alicyclic amines) is 1. The molecule has 150 valence electrons. The maximum atomic E-state index is 13.4. The third kappa shape index (κ3) is 4.04. The highest BCUT2D eigenvalue weighted by Crippen LogP contribution is 2.35. The van der Waals surface area contributed by atoms with E-state index in [-0.39, 0.29) is 17.3 Å². The van der Waals surface area contributed by atoms with E-state index in [0.717, 1.165) is 32.4 Å². The predicted molar refractivity (Wildman–Crippen MR) is 94.8 cm³/mol. The number of halogens is 3. The molecule has 0 unspecified atom stereocenters. The van der Waals surface area contributed by atoms with Gasteiger partial charge in [-0.2, -0.15) is 13.2 Å². The first-order chi connectivity index (χ1) is 13.4. The number of nitrogens with one attached hydrogen (secondary N) is 1. The lowest BCUT2D eigenvalue weighted by Crippen LogP contribution is -2.22. The highest BCUT2D eigenvalue weighted by molar-refractivity contribution is 6.01. The fraction of sp³-hybridized carbons (Fsp3) is 0.526. The first kappa shape index (κ1) is 18.9. The molecule has 1 amide bonds. The molecule has 1 fully saturated rings. The SMILES string of the molecule is O=C(Nc1nc2c(c(C(F)(F)F)n1)CCCC2)c1ccc(CN2CCCC2)o1. The number of carbonyl (C=O) groups is 1. The average molecular weight is 394 g/mol. The highest BCUT2D eigenvalue weighted by atomic mass is 19.4. The number of rotatable bonds is 4. The molecule has 0 radical (unpaired) electrons. The molecule has 0 atom stereocenters. The summed E-state index contributed by atoms with van der Waals surface area (Å²) in [4.78, 5) is 22.4. The molecule has 1 saturated heterocycles. The first-order valence-corrected chi connectivity index (χ1v) is 9.49. The zero-order valence-corrected chi connectivity index (χ0v) is 15.3. The topological polar surface area (TPSA) is 71.3 Å². The minimum atomic E-state index is -4.59. The lowest BCUT2D eigenvalue weighted by Gasteiger charge is -2.20. The van der Waals surface area contributed by atoms with Crippen LogP contribution in [-0.4, -0.2) is 33.9 Å². The Morgan fingerprint density at radius 2 is 1.86 bits per heavy atom. The van der Waals surface area contributed by atoms with Crippen molar-refractivity contribution in [3.8, 4) is 0 Å². The number of hydrogen-bond donors (Lipinski definition) is 1. The summed E-state index contributed by atoms with van der Waals surface area (Å²) < 4.78 is 45.7. The molecule has 0 saturated carbocycles. The molecular formula is C19H21F3N4O2. The molecule has 1 aliphatic carbocycles. The number of carbonyl (C=O) groups excluding carboxylic acids is 1. The third-order valence-electron chi connectivity index (χ3n) is 5.14. The van der Waals surface area contributed by atoms with Crippen molar-refractivity contribution < 1.29 is 22.4 Å². The largest absolute Gasteiger partial charge is 0.455 e. The molecule has 2 aliphatic rings. The minimum Gasteiger partial charge on any atom is -0.455 e. The van der Waals surface area contributed by atoms with Gasteiger partial charge in [0.05, 0.1) is 6.54 Å². The fourth-order valence-corrected chi connectivity index (χ4v) is 3.79. The summed E-state index contributed by atoms with van der Waals surface area (Å²) in [5.74, 6) is -0.314. The Hall–Kier alpha value is -2.42. The zero-order valence-electron chi connectivity index (χ0n) is 15.3. The standard InChI is InChI=1S/C19H21F3N4O2/c20-19(21,22)16-13-5-1-2-6-14(13)23-18(24-16)25-17(27)15-8-7-12(28-15)11-26-9-3-4-10-26/h7-8H,1-6,9-11H2,(H,23,24,25,27). The molecule has 2 aromatic heterocycles. The van der Waals surface area contributed by atoms with Crippen LogP contribution in [0.15, 0.2) is 16.5 Å². The molecule has 2 aromatic rings. The Bertz CT molecular complexity index is 873. The molecule has 9 heteroatoms. The molecule has 0 aromatic carbocycles. The van der Waals surface area contributed by atoms with Crippen LogP contribution >= 0.6 is 0 Å². The lowest BCUT2D eigenvalue weighted by molar-refractivity contribution is -0.142. The van der Waals surface area contributed by atoms with Gasteiger partial charge in [0.2, 0.25) is 5.95 Å². The molecule has 3 heterocycles. The predicted octanol–water partition coefficient (Wildman–Crippen LogP) is 3.82. The number of furan rings is 1. The van der Waals surface area contributed by atoms with Gasteiger partial charge in [0.25, 0.3) is 5.91 Å². The van der Waals surface area contributed by atoms with E-state index < -0.39 is 17.8 Å². The van der Waals surface area contributed by atoms with Gasteiger partial charge in [-0.3, -0.25) is 15.0 Å². The van der Waals surface area contributed by atoms with Crippen molar-refractivity contribution in [2.75, 3.05) is 18.4 Å². The van der Waals surface area contributed by atoms with Crippen LogP contribution in [0.1, 0.15) is 58.9 Å². The Kier molecular flexibility index (Phi) is 5.09. The number of aromatic nitrogens is 2. The maximum absolute atomic E-state index is 13.4. The maximum Gasteiger partial charge on any atom is 0.433 e. The molecule has 6 nitrogen and oxygen atoms in total. The average Bonchev–Trinajstić information content (AvgIpc) is 3.33. The number of anilines is 1. The van der Waals surface area contributed by atoms with Crippen LogP contribution < -0.4 is 5.32 Å². The van der Waals surface area contributed by atoms with E-state index in [2.05, 4.69) is 20.2 Å². The molecule has 4 rings (SSSR count). The quantitative estimate of drug-likeness (QED) is 0.854. The van der Waals surface area contributed by atoms with E-state index >= 15 is 0 Å². The molecule has 28 heavy (non-hydrogen) atoms. The minimum absolute atomic E-state index is 0.0316. The van der Waals surface area contributed by atoms with E-state index in [0.29, 0.717) is 37.3 Å². The number of aryl methyl sites for hydroxylation is 1. The Morgan fingerprint density at radius 3 is 2.61 bits per heavy atom. The van der Waals surface area contributed by atoms with E-state index in [9.17, 15) is 18.0 Å². The van der Waals surface area contributed by atoms with Gasteiger partial charge in [0, 0.05) is 11.3 Å². The first-order valence-electron chi connectivity index (χ1n) is 9.49. The summed E-state index contributed by atoms with van der Waals surface area (Å²) in [5.41, 5.74) is -0.456. The van der Waals surface area contributed by atoms with Crippen LogP contribution in [0, 0.1) is 0 Å². The number of nitrogens with zero attached hydrogens (tertiary/aromatic N) is 3. The van der Waals surface area contributed by atoms with Crippen LogP contribution in [0.3, 0.4) is 0 Å². The molecule has 0 bridgehead atoms. The smallest absolute Gasteiger partial charge is 0.433 e. The van der Waals surface area contributed by atoms with Crippen molar-refractivity contribution in [2.45, 2.75) is 51.2 Å². The Balaban J connectivity index is 1.52. The van der Waals surface area contributed by atoms with Crippen molar-refractivity contribution in [2.24, 2.45) is 0 Å². The van der Waals surface area contributed by atoms with Gasteiger partial charge < -0.3 is 4.42 Å². The third-order valence-corrected chi connectivity index (χ3v) is 5.14. The van der Waals surface area contributed by atoms with E-state index in [1.807, 2.05) is 0 Å². The lowest BCUT2D eigenvalue weighted by atomic mass is 9.94. The Morgan fingerprint density at radius 1 is 1.11 bits per heavy atom. The summed E-state index contributed by atoms with van der Waals surface area (Å²) in [6, 6.07) is 3.23. The summed E-state index contributed by atoms with van der Waals surface area (Å²) in [5, 5.41) is 2.36. The van der Waals surface area contributed by atoms with Gasteiger partial charge in [-0.15, -0.1) is 0 Å². The fourth-order valence-electron chi connectivity index (χ4n) is 3.79. The van der Waals surface area contributed by atoms with Crippen molar-refractivity contribution in [1.82, 2.24) is 14.9 Å². The van der Waals surface area contributed by atoms with Crippen molar-refractivity contribution in [3.63, 3.8) is 0 Å². The van der Waals surface area contributed by atoms with Gasteiger partial charge in [0.15, 0.2) is 11.5 Å². The van der Waals surface area contributed by atoms with Crippen LogP contribution in [0.5, 0.6) is 0 Å². The molecule has 1 aliphatic heterocycles. The summed E-state index contributed by atoms with van der Waals surface area (Å²) in [6.07, 6.45) is -0.0982. The number of alkyl halides is 3. The van der Waals surface area contributed by atoms with Gasteiger partial charge in [-0.25, -0.2) is 9.97 Å². The van der Waals surface area contributed by atoms with E-state index in [1.54, 1.807) is 6.07 Å². The number of fused-ring (bicyclic) bond motifs is 1. The molecule has 0 spiro atoms. The van der Waals surface area contributed by atoms with Crippen molar-refractivity contribution >= 4 is 11.9 Å². The second-order valence-corrected chi connectivity index (χ2v) is 7.23. The second kappa shape index (κ2) is 7.54. The highest BCUT2D eigenvalue weighted by Gasteiger charge is 2.38. The number of hydrogen-bond acceptors (Lipinski definition) is 5. The molecular weight excluding hydrogens is 373 g/mol. The van der Waals surface area contributed by atoms with Gasteiger partial charge >= 0.3 is 6.18 Å². The number of amides is 1. The van der Waals surface area contributed by atoms with Crippen LogP contribution in [0.25, 0.3) is 0 Å².